The molecule has 0 saturated carbocycles. The van der Waals surface area contributed by atoms with Crippen LogP contribution in [0.1, 0.15) is 18.4 Å². The molecule has 4 heteroatoms. The van der Waals surface area contributed by atoms with Gasteiger partial charge in [-0.2, -0.15) is 0 Å². The molecule has 0 N–H and O–H groups in total. The lowest BCUT2D eigenvalue weighted by Crippen LogP contribution is -2.33. The van der Waals surface area contributed by atoms with E-state index in [1.807, 2.05) is 6.07 Å². The van der Waals surface area contributed by atoms with E-state index in [-0.39, 0.29) is 5.82 Å². The van der Waals surface area contributed by atoms with Gasteiger partial charge in [0.05, 0.1) is 0 Å². The minimum Gasteiger partial charge on any atom is -0.299 e. The third-order valence-electron chi connectivity index (χ3n) is 3.25. The molecule has 1 aliphatic rings. The first-order valence-electron chi connectivity index (χ1n) is 5.90. The summed E-state index contributed by atoms with van der Waals surface area (Å²) in [6.07, 6.45) is 2.31. The van der Waals surface area contributed by atoms with Crippen LogP contribution in [0.5, 0.6) is 0 Å². The number of likely N-dealkylation sites (tertiary alicyclic amines) is 1. The Hall–Kier alpha value is -0.120. The smallest absolute Gasteiger partial charge is 0.124 e. The van der Waals surface area contributed by atoms with E-state index in [2.05, 4.69) is 20.8 Å². The van der Waals surface area contributed by atoms with Gasteiger partial charge >= 0.3 is 0 Å². The Labute approximate surface area is 115 Å². The van der Waals surface area contributed by atoms with Crippen LogP contribution in [0.3, 0.4) is 0 Å². The van der Waals surface area contributed by atoms with Crippen molar-refractivity contribution >= 4 is 27.5 Å². The zero-order valence-electron chi connectivity index (χ0n) is 9.63. The van der Waals surface area contributed by atoms with Crippen LogP contribution in [0.4, 0.5) is 4.39 Å². The van der Waals surface area contributed by atoms with E-state index in [0.29, 0.717) is 5.92 Å². The molecular formula is C13H16BrClFN. The number of piperidine rings is 1. The summed E-state index contributed by atoms with van der Waals surface area (Å²) in [4.78, 5) is 2.37. The molecule has 1 saturated heterocycles. The van der Waals surface area contributed by atoms with Crippen molar-refractivity contribution in [1.29, 1.82) is 0 Å². The van der Waals surface area contributed by atoms with Crippen LogP contribution in [-0.4, -0.2) is 23.9 Å². The van der Waals surface area contributed by atoms with E-state index < -0.39 is 0 Å². The average Bonchev–Trinajstić information content (AvgIpc) is 2.28. The van der Waals surface area contributed by atoms with Gasteiger partial charge in [-0.25, -0.2) is 4.39 Å². The fraction of sp³-hybridized carbons (Fsp3) is 0.538. The van der Waals surface area contributed by atoms with E-state index in [1.165, 1.54) is 6.07 Å². The maximum atomic E-state index is 13.2. The highest BCUT2D eigenvalue weighted by Crippen LogP contribution is 2.21. The fourth-order valence-electron chi connectivity index (χ4n) is 2.26. The molecule has 0 unspecified atom stereocenters. The highest BCUT2D eigenvalue weighted by molar-refractivity contribution is 9.10. The molecule has 1 aromatic carbocycles. The monoisotopic (exact) mass is 319 g/mol. The zero-order valence-corrected chi connectivity index (χ0v) is 12.0. The number of hydrogen-bond acceptors (Lipinski definition) is 1. The minimum atomic E-state index is -0.176. The van der Waals surface area contributed by atoms with Crippen molar-refractivity contribution in [3.05, 3.63) is 34.1 Å². The summed E-state index contributed by atoms with van der Waals surface area (Å²) < 4.78 is 14.0. The Balaban J connectivity index is 1.93. The second kappa shape index (κ2) is 6.17. The Morgan fingerprint density at radius 1 is 1.29 bits per heavy atom. The molecule has 0 bridgehead atoms. The Morgan fingerprint density at radius 3 is 2.59 bits per heavy atom. The number of nitrogens with zero attached hydrogens (tertiary/aromatic N) is 1. The largest absolute Gasteiger partial charge is 0.299 e. The van der Waals surface area contributed by atoms with Gasteiger partial charge in [0.15, 0.2) is 0 Å². The summed E-state index contributed by atoms with van der Waals surface area (Å²) in [5, 5.41) is 0. The maximum absolute atomic E-state index is 13.2. The van der Waals surface area contributed by atoms with E-state index in [1.54, 1.807) is 6.07 Å². The third kappa shape index (κ3) is 3.94. The van der Waals surface area contributed by atoms with Gasteiger partial charge < -0.3 is 0 Å². The number of halogens is 3. The fourth-order valence-corrected chi connectivity index (χ4v) is 3.08. The van der Waals surface area contributed by atoms with Crippen molar-refractivity contribution in [1.82, 2.24) is 4.90 Å². The van der Waals surface area contributed by atoms with Gasteiger partial charge in [0.1, 0.15) is 5.82 Å². The Kier molecular flexibility index (Phi) is 4.83. The van der Waals surface area contributed by atoms with Crippen LogP contribution in [0.2, 0.25) is 0 Å². The molecular weight excluding hydrogens is 305 g/mol. The van der Waals surface area contributed by atoms with Gasteiger partial charge in [-0.3, -0.25) is 4.90 Å². The molecule has 0 aliphatic carbocycles. The standard InChI is InChI=1S/C13H16BrClFN/c14-12-5-11(6-13(16)7-12)9-17-3-1-10(8-15)2-4-17/h5-7,10H,1-4,8-9H2. The summed E-state index contributed by atoms with van der Waals surface area (Å²) in [6, 6.07) is 5.08. The van der Waals surface area contributed by atoms with Gasteiger partial charge in [-0.15, -0.1) is 11.6 Å². The van der Waals surface area contributed by atoms with Gasteiger partial charge in [0.25, 0.3) is 0 Å². The molecule has 1 nitrogen and oxygen atoms in total. The summed E-state index contributed by atoms with van der Waals surface area (Å²) in [6.45, 7) is 2.95. The van der Waals surface area contributed by atoms with Gasteiger partial charge in [0, 0.05) is 16.9 Å². The lowest BCUT2D eigenvalue weighted by Gasteiger charge is -2.31. The highest BCUT2D eigenvalue weighted by Gasteiger charge is 2.18. The predicted molar refractivity (Wildman–Crippen MR) is 72.8 cm³/mol. The van der Waals surface area contributed by atoms with Gasteiger partial charge in [-0.1, -0.05) is 15.9 Å². The molecule has 2 rings (SSSR count). The summed E-state index contributed by atoms with van der Waals surface area (Å²) in [5.74, 6) is 1.25. The third-order valence-corrected chi connectivity index (χ3v) is 4.15. The van der Waals surface area contributed by atoms with Crippen LogP contribution in [0.25, 0.3) is 0 Å². The first-order valence-corrected chi connectivity index (χ1v) is 7.23. The number of rotatable bonds is 3. The quantitative estimate of drug-likeness (QED) is 0.760. The molecule has 1 aliphatic heterocycles. The SMILES string of the molecule is Fc1cc(Br)cc(CN2CCC(CCl)CC2)c1. The highest BCUT2D eigenvalue weighted by atomic mass is 79.9. The second-order valence-corrected chi connectivity index (χ2v) is 5.88. The minimum absolute atomic E-state index is 0.176. The van der Waals surface area contributed by atoms with E-state index in [4.69, 9.17) is 11.6 Å². The molecule has 0 atom stereocenters. The summed E-state index contributed by atoms with van der Waals surface area (Å²) in [5.41, 5.74) is 1.03. The molecule has 0 amide bonds. The van der Waals surface area contributed by atoms with Crippen LogP contribution < -0.4 is 0 Å². The number of hydrogen-bond donors (Lipinski definition) is 0. The predicted octanol–water partition coefficient (Wildman–Crippen LogP) is 4.04. The molecule has 94 valence electrons. The molecule has 17 heavy (non-hydrogen) atoms. The lowest BCUT2D eigenvalue weighted by atomic mass is 9.98. The molecule has 0 spiro atoms. The van der Waals surface area contributed by atoms with Gasteiger partial charge in [-0.05, 0) is 55.6 Å². The van der Waals surface area contributed by atoms with E-state index >= 15 is 0 Å². The molecule has 1 heterocycles. The van der Waals surface area contributed by atoms with E-state index in [0.717, 1.165) is 48.4 Å². The second-order valence-electron chi connectivity index (χ2n) is 4.65. The zero-order chi connectivity index (χ0) is 12.3. The van der Waals surface area contributed by atoms with Crippen LogP contribution in [0, 0.1) is 11.7 Å². The van der Waals surface area contributed by atoms with Crippen molar-refractivity contribution in [2.24, 2.45) is 5.92 Å². The maximum Gasteiger partial charge on any atom is 0.124 e. The Bertz CT molecular complexity index is 357. The van der Waals surface area contributed by atoms with Crippen LogP contribution in [0.15, 0.2) is 22.7 Å². The number of alkyl halides is 1. The number of benzene rings is 1. The normalized spacial score (nSPS) is 18.5. The van der Waals surface area contributed by atoms with Crippen LogP contribution >= 0.6 is 27.5 Å². The molecule has 0 radical (unpaired) electrons. The van der Waals surface area contributed by atoms with Crippen molar-refractivity contribution in [2.75, 3.05) is 19.0 Å². The van der Waals surface area contributed by atoms with E-state index in [9.17, 15) is 4.39 Å². The molecule has 1 fully saturated rings. The lowest BCUT2D eigenvalue weighted by molar-refractivity contribution is 0.186. The summed E-state index contributed by atoms with van der Waals surface area (Å²) >= 11 is 9.18. The molecule has 1 aromatic rings. The summed E-state index contributed by atoms with van der Waals surface area (Å²) in [7, 11) is 0. The first kappa shape index (κ1) is 13.3. The Morgan fingerprint density at radius 2 is 2.00 bits per heavy atom. The van der Waals surface area contributed by atoms with Crippen molar-refractivity contribution in [3.63, 3.8) is 0 Å². The van der Waals surface area contributed by atoms with Crippen molar-refractivity contribution < 1.29 is 4.39 Å². The molecule has 0 aromatic heterocycles. The van der Waals surface area contributed by atoms with Crippen molar-refractivity contribution in [2.45, 2.75) is 19.4 Å². The average molecular weight is 321 g/mol. The topological polar surface area (TPSA) is 3.24 Å². The van der Waals surface area contributed by atoms with Gasteiger partial charge in [0.2, 0.25) is 0 Å². The first-order chi connectivity index (χ1) is 8.17. The van der Waals surface area contributed by atoms with Crippen molar-refractivity contribution in [3.8, 4) is 0 Å². The van der Waals surface area contributed by atoms with Crippen LogP contribution in [-0.2, 0) is 6.54 Å².